The van der Waals surface area contributed by atoms with Crippen molar-refractivity contribution < 1.29 is 14.0 Å². The van der Waals surface area contributed by atoms with Gasteiger partial charge in [0.15, 0.2) is 11.6 Å². The van der Waals surface area contributed by atoms with Gasteiger partial charge in [-0.05, 0) is 69.2 Å². The number of rotatable bonds is 9. The number of allylic oxidation sites excluding steroid dienone is 1. The van der Waals surface area contributed by atoms with Gasteiger partial charge in [-0.25, -0.2) is 14.4 Å². The summed E-state index contributed by atoms with van der Waals surface area (Å²) < 4.78 is 13.1. The van der Waals surface area contributed by atoms with Crippen LogP contribution < -0.4 is 21.3 Å². The summed E-state index contributed by atoms with van der Waals surface area (Å²) >= 11 is 0. The van der Waals surface area contributed by atoms with Crippen molar-refractivity contribution in [2.24, 2.45) is 5.92 Å². The lowest BCUT2D eigenvalue weighted by molar-refractivity contribution is -0.126. The summed E-state index contributed by atoms with van der Waals surface area (Å²) in [4.78, 5) is 35.1. The maximum atomic E-state index is 13.1. The highest BCUT2D eigenvalue weighted by Crippen LogP contribution is 2.39. The second kappa shape index (κ2) is 12.3. The fourth-order valence-corrected chi connectivity index (χ4v) is 5.43. The van der Waals surface area contributed by atoms with Crippen molar-refractivity contribution in [3.8, 4) is 0 Å². The average Bonchev–Trinajstić information content (AvgIpc) is 3.39. The van der Waals surface area contributed by atoms with Crippen molar-refractivity contribution in [1.29, 1.82) is 5.41 Å². The number of carbonyl (C=O) groups excluding carboxylic acids is 2. The van der Waals surface area contributed by atoms with E-state index in [9.17, 15) is 14.0 Å². The number of anilines is 3. The minimum absolute atomic E-state index is 0.00816. The van der Waals surface area contributed by atoms with E-state index in [4.69, 9.17) is 10.4 Å². The first-order chi connectivity index (χ1) is 19.8. The third-order valence-electron chi connectivity index (χ3n) is 7.62. The number of fused-ring (bicyclic) bond motifs is 1. The minimum atomic E-state index is -0.710. The number of aromatic amines is 1. The van der Waals surface area contributed by atoms with Crippen LogP contribution in [0.5, 0.6) is 0 Å². The third-order valence-corrected chi connectivity index (χ3v) is 7.62. The van der Waals surface area contributed by atoms with Crippen LogP contribution in [-0.4, -0.2) is 44.7 Å². The Labute approximate surface area is 237 Å². The van der Waals surface area contributed by atoms with Crippen LogP contribution in [0.4, 0.5) is 21.8 Å². The number of aromatic nitrogens is 4. The molecule has 0 bridgehead atoms. The molecule has 1 aliphatic heterocycles. The lowest BCUT2D eigenvalue weighted by atomic mass is 9.78. The Kier molecular flexibility index (Phi) is 8.37. The highest BCUT2D eigenvalue weighted by atomic mass is 19.1. The zero-order valence-corrected chi connectivity index (χ0v) is 23.1. The maximum Gasteiger partial charge on any atom is 0.253 e. The average molecular weight is 560 g/mol. The van der Waals surface area contributed by atoms with E-state index < -0.39 is 5.83 Å². The number of hydrogen-bond donors (Lipinski definition) is 6. The third kappa shape index (κ3) is 6.59. The Morgan fingerprint density at radius 1 is 1.17 bits per heavy atom. The molecule has 41 heavy (non-hydrogen) atoms. The molecule has 214 valence electrons. The summed E-state index contributed by atoms with van der Waals surface area (Å²) in [5.74, 6) is 0.915. The number of halogens is 1. The smallest absolute Gasteiger partial charge is 0.253 e. The number of nitrogens with zero attached hydrogens (tertiary/aromatic N) is 3. The first kappa shape index (κ1) is 27.9. The number of carbonyl (C=O) groups is 2. The number of amides is 2. The molecular weight excluding hydrogens is 525 g/mol. The van der Waals surface area contributed by atoms with Crippen molar-refractivity contribution in [2.45, 2.75) is 57.9 Å². The molecule has 0 spiro atoms. The van der Waals surface area contributed by atoms with Crippen LogP contribution in [0.1, 0.15) is 77.4 Å². The van der Waals surface area contributed by atoms with Crippen molar-refractivity contribution in [3.05, 3.63) is 70.6 Å². The number of nitrogens with one attached hydrogen (secondary N) is 6. The topological polar surface area (TPSA) is 161 Å². The SMILES string of the molecule is Cc1cc(Nc2cc3c(c([C@H]4CC[C@@H](C(=O)N[C@@H](C)c5ccc(N/C=C(/F)C=N)nc5)CC4)n2)C(=O)NCC3)n[nH]1. The van der Waals surface area contributed by atoms with Crippen molar-refractivity contribution in [1.82, 2.24) is 30.8 Å². The molecule has 2 amide bonds. The Bertz CT molecular complexity index is 1460. The monoisotopic (exact) mass is 559 g/mol. The molecule has 1 atom stereocenters. The van der Waals surface area contributed by atoms with Crippen molar-refractivity contribution in [3.63, 3.8) is 0 Å². The highest BCUT2D eigenvalue weighted by Gasteiger charge is 2.33. The molecule has 1 saturated carbocycles. The van der Waals surface area contributed by atoms with E-state index in [0.29, 0.717) is 48.6 Å². The van der Waals surface area contributed by atoms with Crippen LogP contribution in [0.25, 0.3) is 0 Å². The fourth-order valence-electron chi connectivity index (χ4n) is 5.43. The molecule has 3 aromatic rings. The van der Waals surface area contributed by atoms with Crippen molar-refractivity contribution >= 4 is 35.5 Å². The fraction of sp³-hybridized carbons (Fsp3) is 0.379. The summed E-state index contributed by atoms with van der Waals surface area (Å²) in [6.45, 7) is 4.42. The number of pyridine rings is 2. The molecule has 0 radical (unpaired) electrons. The van der Waals surface area contributed by atoms with Gasteiger partial charge in [-0.3, -0.25) is 14.7 Å². The lowest BCUT2D eigenvalue weighted by Gasteiger charge is -2.31. The van der Waals surface area contributed by atoms with Gasteiger partial charge >= 0.3 is 0 Å². The van der Waals surface area contributed by atoms with Crippen molar-refractivity contribution in [2.75, 3.05) is 17.2 Å². The molecule has 0 saturated heterocycles. The second-order valence-corrected chi connectivity index (χ2v) is 10.6. The Morgan fingerprint density at radius 3 is 2.66 bits per heavy atom. The van der Waals surface area contributed by atoms with Gasteiger partial charge in [0.2, 0.25) is 5.91 Å². The largest absolute Gasteiger partial charge is 0.352 e. The summed E-state index contributed by atoms with van der Waals surface area (Å²) in [6, 6.07) is 7.10. The quantitative estimate of drug-likeness (QED) is 0.210. The van der Waals surface area contributed by atoms with Crippen LogP contribution in [-0.2, 0) is 11.2 Å². The van der Waals surface area contributed by atoms with E-state index in [1.54, 1.807) is 12.3 Å². The van der Waals surface area contributed by atoms with E-state index >= 15 is 0 Å². The van der Waals surface area contributed by atoms with Gasteiger partial charge in [-0.1, -0.05) is 6.07 Å². The molecule has 12 heteroatoms. The highest BCUT2D eigenvalue weighted by molar-refractivity contribution is 5.98. The van der Waals surface area contributed by atoms with Crippen LogP contribution in [0.3, 0.4) is 0 Å². The van der Waals surface area contributed by atoms with Gasteiger partial charge in [0.25, 0.3) is 5.91 Å². The van der Waals surface area contributed by atoms with Gasteiger partial charge in [-0.2, -0.15) is 5.10 Å². The maximum absolute atomic E-state index is 13.1. The molecule has 2 aliphatic rings. The number of H-pyrrole nitrogens is 1. The number of aryl methyl sites for hydroxylation is 1. The van der Waals surface area contributed by atoms with Gasteiger partial charge in [0.05, 0.1) is 23.5 Å². The summed E-state index contributed by atoms with van der Waals surface area (Å²) in [7, 11) is 0. The molecule has 6 N–H and O–H groups in total. The Balaban J connectivity index is 1.22. The summed E-state index contributed by atoms with van der Waals surface area (Å²) in [6.07, 6.45) is 6.94. The van der Waals surface area contributed by atoms with Gasteiger partial charge in [-0.15, -0.1) is 0 Å². The van der Waals surface area contributed by atoms with Gasteiger partial charge in [0.1, 0.15) is 11.6 Å². The molecule has 5 rings (SSSR count). The Morgan fingerprint density at radius 2 is 1.98 bits per heavy atom. The standard InChI is InChI=1S/C29H34FN9O2/c1-16-11-25(39-38-16)36-24-12-20-9-10-32-29(41)26(20)27(37-24)18-3-5-19(6-4-18)28(40)35-17(2)21-7-8-23(33-14-21)34-15-22(30)13-31/h7-8,11-15,17-19,31H,3-6,9-10H2,1-2H3,(H,32,41)(H,33,34)(H,35,40)(H2,36,37,38,39)/b22-15+,31-13?/t17-,18-,19+/m0/s1. The van der Waals surface area contributed by atoms with E-state index in [2.05, 4.69) is 36.4 Å². The van der Waals surface area contributed by atoms with E-state index in [0.717, 1.165) is 48.0 Å². The van der Waals surface area contributed by atoms with Crippen LogP contribution in [0.15, 0.2) is 42.5 Å². The van der Waals surface area contributed by atoms with Gasteiger partial charge in [0, 0.05) is 42.5 Å². The van der Waals surface area contributed by atoms with Crippen LogP contribution >= 0.6 is 0 Å². The summed E-state index contributed by atoms with van der Waals surface area (Å²) in [5, 5.41) is 26.0. The molecule has 3 aromatic heterocycles. The van der Waals surface area contributed by atoms with Gasteiger partial charge < -0.3 is 26.7 Å². The van der Waals surface area contributed by atoms with Crippen LogP contribution in [0, 0.1) is 18.3 Å². The molecule has 4 heterocycles. The molecule has 11 nitrogen and oxygen atoms in total. The lowest BCUT2D eigenvalue weighted by Crippen LogP contribution is -2.36. The molecule has 1 aliphatic carbocycles. The zero-order chi connectivity index (χ0) is 28.9. The Hall–Kier alpha value is -4.61. The molecular formula is C29H34FN9O2. The minimum Gasteiger partial charge on any atom is -0.352 e. The molecule has 1 fully saturated rings. The molecule has 0 unspecified atom stereocenters. The normalized spacial score (nSPS) is 19.5. The predicted octanol–water partition coefficient (Wildman–Crippen LogP) is 4.56. The predicted molar refractivity (Wildman–Crippen MR) is 154 cm³/mol. The first-order valence-electron chi connectivity index (χ1n) is 13.8. The molecule has 0 aromatic carbocycles. The summed E-state index contributed by atoms with van der Waals surface area (Å²) in [5.41, 5.74) is 4.20. The van der Waals surface area contributed by atoms with E-state index in [1.807, 2.05) is 32.0 Å². The van der Waals surface area contributed by atoms with E-state index in [-0.39, 0.29) is 29.7 Å². The first-order valence-corrected chi connectivity index (χ1v) is 13.8. The zero-order valence-electron chi connectivity index (χ0n) is 23.1. The second-order valence-electron chi connectivity index (χ2n) is 10.6. The van der Waals surface area contributed by atoms with E-state index in [1.165, 1.54) is 0 Å². The van der Waals surface area contributed by atoms with Crippen LogP contribution in [0.2, 0.25) is 0 Å². The number of hydrogen-bond acceptors (Lipinski definition) is 8.